The molecule has 1 heterocycles. The summed E-state index contributed by atoms with van der Waals surface area (Å²) in [5.74, 6) is -0.479. The van der Waals surface area contributed by atoms with Crippen LogP contribution in [0.3, 0.4) is 0 Å². The summed E-state index contributed by atoms with van der Waals surface area (Å²) < 4.78 is 1.80. The van der Waals surface area contributed by atoms with Crippen LogP contribution in [0, 0.1) is 6.92 Å². The van der Waals surface area contributed by atoms with E-state index in [9.17, 15) is 4.79 Å². The van der Waals surface area contributed by atoms with Crippen molar-refractivity contribution >= 4 is 12.0 Å². The van der Waals surface area contributed by atoms with Crippen molar-refractivity contribution in [1.29, 1.82) is 0 Å². The second-order valence-electron chi connectivity index (χ2n) is 5.31. The van der Waals surface area contributed by atoms with Gasteiger partial charge in [-0.25, -0.2) is 4.68 Å². The number of primary amides is 1. The Hall–Kier alpha value is -3.14. The van der Waals surface area contributed by atoms with Crippen molar-refractivity contribution in [2.24, 2.45) is 5.73 Å². The Kier molecular flexibility index (Phi) is 4.06. The molecule has 3 aromatic rings. The highest BCUT2D eigenvalue weighted by molar-refractivity contribution is 5.91. The fourth-order valence-electron chi connectivity index (χ4n) is 2.33. The van der Waals surface area contributed by atoms with Crippen LogP contribution in [0.2, 0.25) is 0 Å². The molecule has 3 rings (SSSR count). The van der Waals surface area contributed by atoms with Crippen LogP contribution in [0.5, 0.6) is 0 Å². The normalized spacial score (nSPS) is 11.0. The molecule has 0 aliphatic carbocycles. The van der Waals surface area contributed by atoms with Crippen LogP contribution in [0.25, 0.3) is 23.0 Å². The highest BCUT2D eigenvalue weighted by Gasteiger charge is 2.10. The molecule has 0 radical (unpaired) electrons. The Labute approximate surface area is 134 Å². The summed E-state index contributed by atoms with van der Waals surface area (Å²) >= 11 is 0. The predicted molar refractivity (Wildman–Crippen MR) is 92.0 cm³/mol. The molecule has 4 heteroatoms. The van der Waals surface area contributed by atoms with Gasteiger partial charge >= 0.3 is 0 Å². The zero-order valence-corrected chi connectivity index (χ0v) is 12.8. The van der Waals surface area contributed by atoms with Crippen LogP contribution >= 0.6 is 0 Å². The van der Waals surface area contributed by atoms with Gasteiger partial charge < -0.3 is 5.73 Å². The number of hydrogen-bond acceptors (Lipinski definition) is 2. The molecule has 0 fully saturated rings. The van der Waals surface area contributed by atoms with Gasteiger partial charge in [0.15, 0.2) is 0 Å². The van der Waals surface area contributed by atoms with Gasteiger partial charge in [0.05, 0.1) is 11.4 Å². The van der Waals surface area contributed by atoms with E-state index in [0.29, 0.717) is 0 Å². The minimum Gasteiger partial charge on any atom is -0.366 e. The topological polar surface area (TPSA) is 60.9 Å². The number of para-hydroxylation sites is 1. The second-order valence-corrected chi connectivity index (χ2v) is 5.31. The predicted octanol–water partition coefficient (Wildman–Crippen LogP) is 3.35. The van der Waals surface area contributed by atoms with E-state index in [1.165, 1.54) is 11.6 Å². The fraction of sp³-hybridized carbons (Fsp3) is 0.0526. The summed E-state index contributed by atoms with van der Waals surface area (Å²) in [7, 11) is 0. The molecule has 2 N–H and O–H groups in total. The molecule has 0 atom stereocenters. The van der Waals surface area contributed by atoms with E-state index >= 15 is 0 Å². The molecule has 1 aromatic heterocycles. The lowest BCUT2D eigenvalue weighted by Crippen LogP contribution is -2.05. The Bertz CT molecular complexity index is 846. The zero-order chi connectivity index (χ0) is 16.2. The number of nitrogens with two attached hydrogens (primary N) is 1. The van der Waals surface area contributed by atoms with E-state index in [0.717, 1.165) is 22.5 Å². The summed E-state index contributed by atoms with van der Waals surface area (Å²) in [5, 5.41) is 4.67. The standard InChI is InChI=1S/C19H17N3O/c1-14-7-9-15(10-8-14)19-16(11-12-18(20)23)13-22(21-19)17-5-3-2-4-6-17/h2-13H,1H3,(H2,20,23). The number of nitrogens with zero attached hydrogens (tertiary/aromatic N) is 2. The maximum Gasteiger partial charge on any atom is 0.241 e. The Balaban J connectivity index is 2.10. The average molecular weight is 303 g/mol. The lowest BCUT2D eigenvalue weighted by atomic mass is 10.1. The molecule has 0 spiro atoms. The number of carbonyl (C=O) groups excluding carboxylic acids is 1. The monoisotopic (exact) mass is 303 g/mol. The first-order valence-corrected chi connectivity index (χ1v) is 7.33. The largest absolute Gasteiger partial charge is 0.366 e. The molecule has 2 aromatic carbocycles. The Morgan fingerprint density at radius 2 is 1.78 bits per heavy atom. The minimum atomic E-state index is -0.479. The molecule has 114 valence electrons. The van der Waals surface area contributed by atoms with Gasteiger partial charge in [0.2, 0.25) is 5.91 Å². The zero-order valence-electron chi connectivity index (χ0n) is 12.8. The molecule has 0 saturated heterocycles. The van der Waals surface area contributed by atoms with E-state index in [4.69, 9.17) is 5.73 Å². The maximum atomic E-state index is 11.1. The van der Waals surface area contributed by atoms with E-state index in [1.807, 2.05) is 67.7 Å². The van der Waals surface area contributed by atoms with E-state index in [2.05, 4.69) is 5.10 Å². The number of rotatable bonds is 4. The lowest BCUT2D eigenvalue weighted by molar-refractivity contribution is -0.113. The molecule has 4 nitrogen and oxygen atoms in total. The molecular formula is C19H17N3O. The summed E-state index contributed by atoms with van der Waals surface area (Å²) in [4.78, 5) is 11.1. The lowest BCUT2D eigenvalue weighted by Gasteiger charge is -2.01. The van der Waals surface area contributed by atoms with Gasteiger partial charge in [-0.3, -0.25) is 4.79 Å². The van der Waals surface area contributed by atoms with Gasteiger partial charge in [-0.2, -0.15) is 5.10 Å². The Morgan fingerprint density at radius 3 is 2.43 bits per heavy atom. The molecule has 0 unspecified atom stereocenters. The highest BCUT2D eigenvalue weighted by Crippen LogP contribution is 2.25. The number of aryl methyl sites for hydroxylation is 1. The minimum absolute atomic E-state index is 0.479. The van der Waals surface area contributed by atoms with Crippen LogP contribution in [-0.2, 0) is 4.79 Å². The molecular weight excluding hydrogens is 286 g/mol. The summed E-state index contributed by atoms with van der Waals surface area (Å²) in [6.07, 6.45) is 4.94. The molecule has 0 aliphatic rings. The number of amides is 1. The van der Waals surface area contributed by atoms with Crippen molar-refractivity contribution in [2.75, 3.05) is 0 Å². The van der Waals surface area contributed by atoms with Crippen molar-refractivity contribution in [3.8, 4) is 16.9 Å². The van der Waals surface area contributed by atoms with Crippen molar-refractivity contribution in [3.05, 3.63) is 78.0 Å². The number of aromatic nitrogens is 2. The third-order valence-corrected chi connectivity index (χ3v) is 3.52. The van der Waals surface area contributed by atoms with E-state index in [1.54, 1.807) is 10.8 Å². The smallest absolute Gasteiger partial charge is 0.241 e. The maximum absolute atomic E-state index is 11.1. The van der Waals surface area contributed by atoms with Crippen LogP contribution in [0.15, 0.2) is 66.9 Å². The summed E-state index contributed by atoms with van der Waals surface area (Å²) in [6, 6.07) is 18.0. The molecule has 0 aliphatic heterocycles. The number of carbonyl (C=O) groups is 1. The number of hydrogen-bond donors (Lipinski definition) is 1. The fourth-order valence-corrected chi connectivity index (χ4v) is 2.33. The van der Waals surface area contributed by atoms with Crippen molar-refractivity contribution in [3.63, 3.8) is 0 Å². The van der Waals surface area contributed by atoms with Gasteiger partial charge in [0.25, 0.3) is 0 Å². The summed E-state index contributed by atoms with van der Waals surface area (Å²) in [5.41, 5.74) is 10.0. The van der Waals surface area contributed by atoms with Gasteiger partial charge in [0.1, 0.15) is 0 Å². The van der Waals surface area contributed by atoms with E-state index < -0.39 is 5.91 Å². The molecule has 0 saturated carbocycles. The SMILES string of the molecule is Cc1ccc(-c2nn(-c3ccccc3)cc2C=CC(N)=O)cc1. The summed E-state index contributed by atoms with van der Waals surface area (Å²) in [6.45, 7) is 2.04. The quantitative estimate of drug-likeness (QED) is 0.751. The van der Waals surface area contributed by atoms with Crippen LogP contribution in [0.4, 0.5) is 0 Å². The molecule has 1 amide bonds. The van der Waals surface area contributed by atoms with Crippen LogP contribution in [0.1, 0.15) is 11.1 Å². The van der Waals surface area contributed by atoms with Crippen LogP contribution < -0.4 is 5.73 Å². The molecule has 23 heavy (non-hydrogen) atoms. The van der Waals surface area contributed by atoms with Gasteiger partial charge in [-0.05, 0) is 25.1 Å². The van der Waals surface area contributed by atoms with Crippen LogP contribution in [-0.4, -0.2) is 15.7 Å². The second kappa shape index (κ2) is 6.32. The van der Waals surface area contributed by atoms with Crippen molar-refractivity contribution in [2.45, 2.75) is 6.92 Å². The average Bonchev–Trinajstić information content (AvgIpc) is 2.99. The van der Waals surface area contributed by atoms with Gasteiger partial charge in [-0.1, -0.05) is 48.0 Å². The first-order chi connectivity index (χ1) is 11.1. The first kappa shape index (κ1) is 14.8. The van der Waals surface area contributed by atoms with Crippen molar-refractivity contribution in [1.82, 2.24) is 9.78 Å². The van der Waals surface area contributed by atoms with Gasteiger partial charge in [0, 0.05) is 23.4 Å². The Morgan fingerprint density at radius 1 is 1.09 bits per heavy atom. The van der Waals surface area contributed by atoms with Crippen molar-refractivity contribution < 1.29 is 4.79 Å². The third-order valence-electron chi connectivity index (χ3n) is 3.52. The highest BCUT2D eigenvalue weighted by atomic mass is 16.1. The van der Waals surface area contributed by atoms with E-state index in [-0.39, 0.29) is 0 Å². The molecule has 0 bridgehead atoms. The van der Waals surface area contributed by atoms with Gasteiger partial charge in [-0.15, -0.1) is 0 Å². The number of benzene rings is 2. The first-order valence-electron chi connectivity index (χ1n) is 7.33. The third kappa shape index (κ3) is 3.37.